The lowest BCUT2D eigenvalue weighted by Gasteiger charge is -2.22. The van der Waals surface area contributed by atoms with E-state index in [1.165, 1.54) is 12.1 Å². The molecule has 0 saturated carbocycles. The van der Waals surface area contributed by atoms with Crippen LogP contribution in [-0.4, -0.2) is 47.8 Å². The quantitative estimate of drug-likeness (QED) is 0.853. The van der Waals surface area contributed by atoms with Gasteiger partial charge in [-0.2, -0.15) is 0 Å². The number of carbonyl (C=O) groups is 2. The highest BCUT2D eigenvalue weighted by Crippen LogP contribution is 2.09. The lowest BCUT2D eigenvalue weighted by atomic mass is 10.1. The van der Waals surface area contributed by atoms with Crippen LogP contribution in [0.1, 0.15) is 25.3 Å². The Hall–Kier alpha value is -1.91. The SMILES string of the molecule is CCC(=O)N1CCCN(C(=O)Cc2ccc(F)cc2)CC1. The fraction of sp³-hybridized carbons (Fsp3) is 0.500. The number of amides is 2. The Morgan fingerprint density at radius 1 is 1.00 bits per heavy atom. The van der Waals surface area contributed by atoms with Crippen molar-refractivity contribution in [1.82, 2.24) is 9.80 Å². The third kappa shape index (κ3) is 4.28. The fourth-order valence-electron chi connectivity index (χ4n) is 2.53. The zero-order valence-electron chi connectivity index (χ0n) is 12.3. The molecule has 0 bridgehead atoms. The van der Waals surface area contributed by atoms with E-state index in [1.807, 2.05) is 11.8 Å². The monoisotopic (exact) mass is 292 g/mol. The van der Waals surface area contributed by atoms with E-state index in [1.54, 1.807) is 17.0 Å². The number of hydrogen-bond donors (Lipinski definition) is 0. The second-order valence-corrected chi connectivity index (χ2v) is 5.27. The van der Waals surface area contributed by atoms with Crippen molar-refractivity contribution in [2.24, 2.45) is 0 Å². The van der Waals surface area contributed by atoms with Gasteiger partial charge in [0, 0.05) is 32.6 Å². The van der Waals surface area contributed by atoms with Gasteiger partial charge in [0.15, 0.2) is 0 Å². The molecule has 0 radical (unpaired) electrons. The minimum Gasteiger partial charge on any atom is -0.341 e. The first-order valence-electron chi connectivity index (χ1n) is 7.40. The predicted molar refractivity (Wildman–Crippen MR) is 78.2 cm³/mol. The molecule has 114 valence electrons. The maximum atomic E-state index is 12.9. The average molecular weight is 292 g/mol. The van der Waals surface area contributed by atoms with Gasteiger partial charge >= 0.3 is 0 Å². The van der Waals surface area contributed by atoms with E-state index >= 15 is 0 Å². The van der Waals surface area contributed by atoms with Gasteiger partial charge in [0.25, 0.3) is 0 Å². The van der Waals surface area contributed by atoms with Crippen LogP contribution >= 0.6 is 0 Å². The Bertz CT molecular complexity index is 502. The fourth-order valence-corrected chi connectivity index (χ4v) is 2.53. The first-order valence-corrected chi connectivity index (χ1v) is 7.40. The van der Waals surface area contributed by atoms with Crippen LogP contribution in [0.25, 0.3) is 0 Å². The molecular formula is C16H21FN2O2. The standard InChI is InChI=1S/C16H21FN2O2/c1-2-15(20)18-8-3-9-19(11-10-18)16(21)12-13-4-6-14(17)7-5-13/h4-7H,2-3,8-12H2,1H3. The lowest BCUT2D eigenvalue weighted by molar-refractivity contribution is -0.133. The van der Waals surface area contributed by atoms with Crippen molar-refractivity contribution in [3.63, 3.8) is 0 Å². The van der Waals surface area contributed by atoms with Gasteiger partial charge in [0.1, 0.15) is 5.82 Å². The Kier molecular flexibility index (Phi) is 5.31. The number of hydrogen-bond acceptors (Lipinski definition) is 2. The third-order valence-electron chi connectivity index (χ3n) is 3.77. The molecule has 5 heteroatoms. The first-order chi connectivity index (χ1) is 10.1. The Morgan fingerprint density at radius 2 is 1.57 bits per heavy atom. The molecule has 1 aromatic carbocycles. The minimum absolute atomic E-state index is 0.0346. The molecule has 1 fully saturated rings. The van der Waals surface area contributed by atoms with Gasteiger partial charge < -0.3 is 9.80 Å². The van der Waals surface area contributed by atoms with Gasteiger partial charge in [0.05, 0.1) is 6.42 Å². The van der Waals surface area contributed by atoms with Crippen molar-refractivity contribution >= 4 is 11.8 Å². The van der Waals surface area contributed by atoms with Crippen molar-refractivity contribution in [2.75, 3.05) is 26.2 Å². The van der Waals surface area contributed by atoms with Crippen molar-refractivity contribution in [3.8, 4) is 0 Å². The molecule has 0 atom stereocenters. The summed E-state index contributed by atoms with van der Waals surface area (Å²) in [7, 11) is 0. The van der Waals surface area contributed by atoms with E-state index in [2.05, 4.69) is 0 Å². The summed E-state index contributed by atoms with van der Waals surface area (Å²) in [4.78, 5) is 27.6. The van der Waals surface area contributed by atoms with Gasteiger partial charge in [-0.05, 0) is 24.1 Å². The van der Waals surface area contributed by atoms with Crippen LogP contribution in [0.15, 0.2) is 24.3 Å². The molecule has 0 aliphatic carbocycles. The zero-order valence-corrected chi connectivity index (χ0v) is 12.3. The highest BCUT2D eigenvalue weighted by molar-refractivity contribution is 5.79. The number of nitrogens with zero attached hydrogens (tertiary/aromatic N) is 2. The summed E-state index contributed by atoms with van der Waals surface area (Å²) in [6.45, 7) is 4.42. The van der Waals surface area contributed by atoms with Crippen LogP contribution in [0, 0.1) is 5.82 Å². The van der Waals surface area contributed by atoms with Gasteiger partial charge in [-0.3, -0.25) is 9.59 Å². The molecule has 2 amide bonds. The molecule has 21 heavy (non-hydrogen) atoms. The Balaban J connectivity index is 1.91. The molecule has 0 aromatic heterocycles. The Labute approximate surface area is 124 Å². The molecule has 2 rings (SSSR count). The Morgan fingerprint density at radius 3 is 2.14 bits per heavy atom. The van der Waals surface area contributed by atoms with E-state index in [0.29, 0.717) is 32.6 Å². The highest BCUT2D eigenvalue weighted by atomic mass is 19.1. The molecule has 1 heterocycles. The van der Waals surface area contributed by atoms with Gasteiger partial charge in [-0.1, -0.05) is 19.1 Å². The molecule has 0 spiro atoms. The lowest BCUT2D eigenvalue weighted by Crippen LogP contribution is -2.37. The van der Waals surface area contributed by atoms with E-state index in [4.69, 9.17) is 0 Å². The topological polar surface area (TPSA) is 40.6 Å². The van der Waals surface area contributed by atoms with E-state index in [9.17, 15) is 14.0 Å². The van der Waals surface area contributed by atoms with Crippen molar-refractivity contribution < 1.29 is 14.0 Å². The smallest absolute Gasteiger partial charge is 0.227 e. The van der Waals surface area contributed by atoms with Crippen LogP contribution in [0.4, 0.5) is 4.39 Å². The predicted octanol–water partition coefficient (Wildman–Crippen LogP) is 1.84. The highest BCUT2D eigenvalue weighted by Gasteiger charge is 2.21. The molecule has 1 aliphatic rings. The second kappa shape index (κ2) is 7.20. The molecule has 1 saturated heterocycles. The number of carbonyl (C=O) groups excluding carboxylic acids is 2. The summed E-state index contributed by atoms with van der Waals surface area (Å²) in [6.07, 6.45) is 1.59. The van der Waals surface area contributed by atoms with Crippen LogP contribution in [-0.2, 0) is 16.0 Å². The maximum absolute atomic E-state index is 12.9. The normalized spacial score (nSPS) is 15.7. The number of benzene rings is 1. The van der Waals surface area contributed by atoms with Crippen LogP contribution < -0.4 is 0 Å². The summed E-state index contributed by atoms with van der Waals surface area (Å²) >= 11 is 0. The molecule has 0 N–H and O–H groups in total. The third-order valence-corrected chi connectivity index (χ3v) is 3.77. The second-order valence-electron chi connectivity index (χ2n) is 5.27. The van der Waals surface area contributed by atoms with Gasteiger partial charge in [0.2, 0.25) is 11.8 Å². The maximum Gasteiger partial charge on any atom is 0.227 e. The summed E-state index contributed by atoms with van der Waals surface area (Å²) in [6, 6.07) is 6.01. The number of rotatable bonds is 3. The summed E-state index contributed by atoms with van der Waals surface area (Å²) in [5, 5.41) is 0. The average Bonchev–Trinajstić information content (AvgIpc) is 2.75. The molecule has 1 aliphatic heterocycles. The van der Waals surface area contributed by atoms with Crippen molar-refractivity contribution in [3.05, 3.63) is 35.6 Å². The van der Waals surface area contributed by atoms with Crippen molar-refractivity contribution in [1.29, 1.82) is 0 Å². The van der Waals surface area contributed by atoms with Gasteiger partial charge in [-0.25, -0.2) is 4.39 Å². The van der Waals surface area contributed by atoms with Crippen LogP contribution in [0.3, 0.4) is 0 Å². The van der Waals surface area contributed by atoms with E-state index in [0.717, 1.165) is 12.0 Å². The summed E-state index contributed by atoms with van der Waals surface area (Å²) in [5.41, 5.74) is 0.812. The van der Waals surface area contributed by atoms with E-state index in [-0.39, 0.29) is 24.1 Å². The number of halogens is 1. The largest absolute Gasteiger partial charge is 0.341 e. The van der Waals surface area contributed by atoms with Gasteiger partial charge in [-0.15, -0.1) is 0 Å². The van der Waals surface area contributed by atoms with E-state index < -0.39 is 0 Å². The van der Waals surface area contributed by atoms with Crippen LogP contribution in [0.2, 0.25) is 0 Å². The summed E-state index contributed by atoms with van der Waals surface area (Å²) in [5.74, 6) is -0.120. The summed E-state index contributed by atoms with van der Waals surface area (Å²) < 4.78 is 12.9. The minimum atomic E-state index is -0.297. The molecule has 1 aromatic rings. The molecule has 0 unspecified atom stereocenters. The molecular weight excluding hydrogens is 271 g/mol. The van der Waals surface area contributed by atoms with Crippen LogP contribution in [0.5, 0.6) is 0 Å². The molecule has 4 nitrogen and oxygen atoms in total. The first kappa shape index (κ1) is 15.5. The van der Waals surface area contributed by atoms with Crippen molar-refractivity contribution in [2.45, 2.75) is 26.2 Å². The zero-order chi connectivity index (χ0) is 15.2.